The van der Waals surface area contributed by atoms with Crippen LogP contribution in [-0.4, -0.2) is 54.5 Å². The Morgan fingerprint density at radius 3 is 1.96 bits per heavy atom. The molecule has 0 amide bonds. The van der Waals surface area contributed by atoms with Crippen molar-refractivity contribution in [3.8, 4) is 23.0 Å². The summed E-state index contributed by atoms with van der Waals surface area (Å²) in [5.74, 6) is -8.19. The number of carboxylic acid groups (broad SMARTS) is 1. The fourth-order valence-electron chi connectivity index (χ4n) is 5.55. The minimum atomic E-state index is -1.57. The second kappa shape index (κ2) is 10.3. The highest BCUT2D eigenvalue weighted by Gasteiger charge is 2.40. The number of benzene rings is 4. The summed E-state index contributed by atoms with van der Waals surface area (Å²) in [5, 5.41) is 62.2. The average Bonchev–Trinajstić information content (AvgIpc) is 3.62. The van der Waals surface area contributed by atoms with E-state index in [1.54, 1.807) is 0 Å². The third-order valence-corrected chi connectivity index (χ3v) is 7.66. The molecule has 6 N–H and O–H groups in total. The van der Waals surface area contributed by atoms with Crippen LogP contribution in [0.5, 0.6) is 23.0 Å². The Kier molecular flexibility index (Phi) is 6.28. The Morgan fingerprint density at radius 1 is 0.660 bits per heavy atom. The summed E-state index contributed by atoms with van der Waals surface area (Å²) in [4.78, 5) is 51.5. The number of aliphatic hydroxyl groups is 2. The molecule has 0 fully saturated rings. The van der Waals surface area contributed by atoms with Gasteiger partial charge < -0.3 is 44.8 Å². The topological polar surface area (TPSA) is 217 Å². The quantitative estimate of drug-likeness (QED) is 0.1000. The van der Waals surface area contributed by atoms with E-state index in [9.17, 15) is 49.8 Å². The standard InChI is InChI=1S/C34H18O13/c35-16-5-1-13(2-6-16)9-22-27(38)23(33(43)45-22)15-10-18-19(12-21(37)29-25(18)20(11-15)32(42)46-29)26-28(39)30(47-34(26)44)24(31(40)41)14-3-7-17(36)8-4-14/h1-12,35-39H,(H,40,41)/b22-9?,30-24+. The molecule has 3 heterocycles. The molecular formula is C34H18O13. The van der Waals surface area contributed by atoms with Gasteiger partial charge in [0.2, 0.25) is 0 Å². The van der Waals surface area contributed by atoms with Crippen LogP contribution in [0, 0.1) is 0 Å². The van der Waals surface area contributed by atoms with Crippen molar-refractivity contribution < 1.29 is 64.0 Å². The van der Waals surface area contributed by atoms with Crippen LogP contribution in [-0.2, 0) is 23.9 Å². The maximum absolute atomic E-state index is 13.3. The molecule has 0 saturated heterocycles. The molecule has 0 aromatic heterocycles. The number of phenols is 3. The Bertz CT molecular complexity index is 2270. The second-order valence-corrected chi connectivity index (χ2v) is 10.5. The lowest BCUT2D eigenvalue weighted by Gasteiger charge is -2.11. The highest BCUT2D eigenvalue weighted by molar-refractivity contribution is 6.29. The first kappa shape index (κ1) is 28.7. The zero-order valence-corrected chi connectivity index (χ0v) is 23.5. The molecule has 13 heteroatoms. The van der Waals surface area contributed by atoms with Gasteiger partial charge in [-0.2, -0.15) is 0 Å². The van der Waals surface area contributed by atoms with Crippen LogP contribution in [0.2, 0.25) is 0 Å². The number of aliphatic carboxylic acids is 1. The van der Waals surface area contributed by atoms with Gasteiger partial charge in [0.1, 0.15) is 28.2 Å². The zero-order chi connectivity index (χ0) is 33.3. The van der Waals surface area contributed by atoms with Crippen LogP contribution < -0.4 is 4.74 Å². The molecule has 7 rings (SSSR count). The van der Waals surface area contributed by atoms with Gasteiger partial charge >= 0.3 is 23.9 Å². The number of cyclic esters (lactones) is 2. The lowest BCUT2D eigenvalue weighted by molar-refractivity contribution is -0.132. The minimum absolute atomic E-state index is 0.00239. The van der Waals surface area contributed by atoms with E-state index >= 15 is 0 Å². The molecule has 0 aliphatic carbocycles. The predicted molar refractivity (Wildman–Crippen MR) is 161 cm³/mol. The van der Waals surface area contributed by atoms with E-state index in [1.807, 2.05) is 0 Å². The number of aromatic hydroxyl groups is 3. The summed E-state index contributed by atoms with van der Waals surface area (Å²) in [6, 6.07) is 14.2. The molecule has 13 nitrogen and oxygen atoms in total. The fraction of sp³-hybridized carbons (Fsp3) is 0. The van der Waals surface area contributed by atoms with E-state index < -0.39 is 58.1 Å². The molecule has 0 spiro atoms. The summed E-state index contributed by atoms with van der Waals surface area (Å²) in [7, 11) is 0. The number of ether oxygens (including phenoxy) is 3. The highest BCUT2D eigenvalue weighted by Crippen LogP contribution is 2.49. The first-order valence-electron chi connectivity index (χ1n) is 13.6. The smallest absolute Gasteiger partial charge is 0.348 e. The van der Waals surface area contributed by atoms with Crippen molar-refractivity contribution in [1.29, 1.82) is 0 Å². The fourth-order valence-corrected chi connectivity index (χ4v) is 5.55. The lowest BCUT2D eigenvalue weighted by atomic mass is 9.90. The van der Waals surface area contributed by atoms with E-state index in [-0.39, 0.29) is 61.6 Å². The van der Waals surface area contributed by atoms with Crippen LogP contribution in [0.15, 0.2) is 89.8 Å². The molecular weight excluding hydrogens is 616 g/mol. The number of phenolic OH excluding ortho intramolecular Hbond substituents is 3. The van der Waals surface area contributed by atoms with Gasteiger partial charge in [0.25, 0.3) is 0 Å². The number of rotatable bonds is 5. The first-order valence-corrected chi connectivity index (χ1v) is 13.6. The maximum Gasteiger partial charge on any atom is 0.348 e. The van der Waals surface area contributed by atoms with E-state index in [2.05, 4.69) is 0 Å². The number of aliphatic hydroxyl groups excluding tert-OH is 2. The largest absolute Gasteiger partial charge is 0.508 e. The van der Waals surface area contributed by atoms with Crippen molar-refractivity contribution in [2.75, 3.05) is 0 Å². The predicted octanol–water partition coefficient (Wildman–Crippen LogP) is 4.68. The molecule has 232 valence electrons. The first-order chi connectivity index (χ1) is 22.4. The molecule has 0 unspecified atom stereocenters. The highest BCUT2D eigenvalue weighted by atomic mass is 16.6. The molecule has 0 bridgehead atoms. The van der Waals surface area contributed by atoms with Crippen molar-refractivity contribution in [1.82, 2.24) is 0 Å². The number of esters is 3. The normalized spacial score (nSPS) is 17.4. The third-order valence-electron chi connectivity index (χ3n) is 7.66. The van der Waals surface area contributed by atoms with Crippen LogP contribution in [0.3, 0.4) is 0 Å². The number of hydrogen-bond donors (Lipinski definition) is 6. The number of carbonyl (C=O) groups excluding carboxylic acids is 3. The van der Waals surface area contributed by atoms with Crippen molar-refractivity contribution in [3.05, 3.63) is 118 Å². The monoisotopic (exact) mass is 634 g/mol. The average molecular weight is 635 g/mol. The number of carboxylic acids is 1. The van der Waals surface area contributed by atoms with E-state index in [0.717, 1.165) is 6.07 Å². The van der Waals surface area contributed by atoms with Crippen LogP contribution >= 0.6 is 0 Å². The molecule has 3 aliphatic heterocycles. The molecule has 47 heavy (non-hydrogen) atoms. The van der Waals surface area contributed by atoms with Gasteiger partial charge in [-0.05, 0) is 70.6 Å². The molecule has 0 radical (unpaired) electrons. The van der Waals surface area contributed by atoms with Gasteiger partial charge in [-0.25, -0.2) is 19.2 Å². The molecule has 0 atom stereocenters. The summed E-state index contributed by atoms with van der Waals surface area (Å²) in [6.07, 6.45) is 1.34. The third kappa shape index (κ3) is 4.49. The van der Waals surface area contributed by atoms with E-state index in [4.69, 9.17) is 14.2 Å². The van der Waals surface area contributed by atoms with Gasteiger partial charge in [-0.3, -0.25) is 0 Å². The van der Waals surface area contributed by atoms with Gasteiger partial charge in [-0.1, -0.05) is 24.3 Å². The minimum Gasteiger partial charge on any atom is -0.508 e. The molecule has 4 aromatic carbocycles. The maximum atomic E-state index is 13.3. The van der Waals surface area contributed by atoms with Gasteiger partial charge in [-0.15, -0.1) is 0 Å². The summed E-state index contributed by atoms with van der Waals surface area (Å²) in [6.45, 7) is 0. The number of hydrogen-bond acceptors (Lipinski definition) is 12. The Morgan fingerprint density at radius 2 is 1.30 bits per heavy atom. The van der Waals surface area contributed by atoms with Crippen molar-refractivity contribution in [2.24, 2.45) is 0 Å². The van der Waals surface area contributed by atoms with Crippen LogP contribution in [0.25, 0.3) is 33.6 Å². The Balaban J connectivity index is 1.45. The summed E-state index contributed by atoms with van der Waals surface area (Å²) < 4.78 is 15.7. The van der Waals surface area contributed by atoms with Gasteiger partial charge in [0.15, 0.2) is 34.5 Å². The van der Waals surface area contributed by atoms with Crippen LogP contribution in [0.4, 0.5) is 0 Å². The lowest BCUT2D eigenvalue weighted by Crippen LogP contribution is -2.06. The number of carbonyl (C=O) groups is 4. The zero-order valence-electron chi connectivity index (χ0n) is 23.5. The Labute approximate surface area is 262 Å². The Hall–Kier alpha value is -7.02. The second-order valence-electron chi connectivity index (χ2n) is 10.5. The van der Waals surface area contributed by atoms with E-state index in [1.165, 1.54) is 66.7 Å². The van der Waals surface area contributed by atoms with Crippen molar-refractivity contribution in [2.45, 2.75) is 0 Å². The molecule has 3 aliphatic rings. The van der Waals surface area contributed by atoms with E-state index in [0.29, 0.717) is 5.56 Å². The summed E-state index contributed by atoms with van der Waals surface area (Å²) >= 11 is 0. The van der Waals surface area contributed by atoms with Gasteiger partial charge in [0.05, 0.1) is 5.56 Å². The van der Waals surface area contributed by atoms with Crippen LogP contribution in [0.1, 0.15) is 32.6 Å². The molecule has 4 aromatic rings. The molecule has 0 saturated carbocycles. The van der Waals surface area contributed by atoms with Gasteiger partial charge in [0, 0.05) is 10.9 Å². The van der Waals surface area contributed by atoms with Crippen molar-refractivity contribution in [3.63, 3.8) is 0 Å². The van der Waals surface area contributed by atoms with Crippen molar-refractivity contribution >= 4 is 57.4 Å². The SMILES string of the molecule is O=C1OC(=Cc2ccc(O)cc2)C(O)=C1c1cc2c3c(c(O)cc(C4=C(O)/C(=C(\C(=O)O)c5ccc(O)cc5)OC4=O)c3c1)OC2=O. The summed E-state index contributed by atoms with van der Waals surface area (Å²) in [5.41, 5.74) is -1.54.